The zero-order valence-electron chi connectivity index (χ0n) is 9.75. The summed E-state index contributed by atoms with van der Waals surface area (Å²) in [4.78, 5) is 0. The fourth-order valence-corrected chi connectivity index (χ4v) is 2.23. The van der Waals surface area contributed by atoms with Crippen LogP contribution in [0.4, 0.5) is 5.69 Å². The molecule has 1 N–H and O–H groups in total. The van der Waals surface area contributed by atoms with Crippen molar-refractivity contribution in [2.24, 2.45) is 0 Å². The van der Waals surface area contributed by atoms with Crippen molar-refractivity contribution in [3.05, 3.63) is 62.0 Å². The smallest absolute Gasteiger partial charge is 0.101 e. The summed E-state index contributed by atoms with van der Waals surface area (Å²) in [6.45, 7) is 0.571. The highest BCUT2D eigenvalue weighted by atomic mass is 79.9. The Balaban J connectivity index is 2.16. The van der Waals surface area contributed by atoms with E-state index in [9.17, 15) is 0 Å². The Hall–Kier alpha value is -1.21. The maximum Gasteiger partial charge on any atom is 0.101 e. The number of anilines is 1. The summed E-state index contributed by atoms with van der Waals surface area (Å²) in [6, 6.07) is 13.0. The van der Waals surface area contributed by atoms with Crippen LogP contribution in [0.25, 0.3) is 0 Å². The average molecular weight is 356 g/mol. The molecule has 0 saturated carbocycles. The predicted octanol–water partition coefficient (Wildman–Crippen LogP) is 5.24. The minimum Gasteiger partial charge on any atom is -0.380 e. The molecule has 0 spiro atoms. The summed E-state index contributed by atoms with van der Waals surface area (Å²) >= 11 is 15.3. The van der Waals surface area contributed by atoms with E-state index in [2.05, 4.69) is 27.3 Å². The third kappa shape index (κ3) is 3.63. The fourth-order valence-electron chi connectivity index (χ4n) is 1.61. The van der Waals surface area contributed by atoms with Gasteiger partial charge in [0.1, 0.15) is 6.07 Å². The van der Waals surface area contributed by atoms with Crippen molar-refractivity contribution >= 4 is 44.8 Å². The molecular formula is C14H9BrCl2N2. The topological polar surface area (TPSA) is 35.8 Å². The van der Waals surface area contributed by atoms with Gasteiger partial charge in [-0.3, -0.25) is 0 Å². The second kappa shape index (κ2) is 6.29. The Bertz CT molecular complexity index is 650. The Kier molecular flexibility index (Phi) is 4.71. The second-order valence-corrected chi connectivity index (χ2v) is 5.60. The first kappa shape index (κ1) is 14.2. The van der Waals surface area contributed by atoms with Gasteiger partial charge in [-0.15, -0.1) is 0 Å². The summed E-state index contributed by atoms with van der Waals surface area (Å²) in [7, 11) is 0. The van der Waals surface area contributed by atoms with E-state index in [0.717, 1.165) is 10.0 Å². The van der Waals surface area contributed by atoms with Crippen LogP contribution in [0.5, 0.6) is 0 Å². The van der Waals surface area contributed by atoms with Crippen LogP contribution >= 0.6 is 39.1 Å². The quantitative estimate of drug-likeness (QED) is 0.817. The van der Waals surface area contributed by atoms with Gasteiger partial charge in [-0.1, -0.05) is 29.3 Å². The largest absolute Gasteiger partial charge is 0.380 e. The van der Waals surface area contributed by atoms with Gasteiger partial charge in [-0.05, 0) is 51.8 Å². The normalized spacial score (nSPS) is 10.0. The first-order chi connectivity index (χ1) is 9.10. The maximum atomic E-state index is 9.03. The number of nitrogens with one attached hydrogen (secondary N) is 1. The van der Waals surface area contributed by atoms with Crippen molar-refractivity contribution in [3.63, 3.8) is 0 Å². The number of benzene rings is 2. The third-order valence-electron chi connectivity index (χ3n) is 2.57. The van der Waals surface area contributed by atoms with E-state index in [0.29, 0.717) is 27.8 Å². The molecule has 0 amide bonds. The van der Waals surface area contributed by atoms with Gasteiger partial charge in [-0.25, -0.2) is 0 Å². The third-order valence-corrected chi connectivity index (χ3v) is 4.04. The Morgan fingerprint density at radius 2 is 1.95 bits per heavy atom. The molecule has 2 nitrogen and oxygen atoms in total. The number of rotatable bonds is 3. The molecule has 0 unspecified atom stereocenters. The monoisotopic (exact) mass is 354 g/mol. The van der Waals surface area contributed by atoms with E-state index in [1.165, 1.54) is 0 Å². The van der Waals surface area contributed by atoms with E-state index in [-0.39, 0.29) is 0 Å². The van der Waals surface area contributed by atoms with E-state index in [1.807, 2.05) is 18.2 Å². The number of halogens is 3. The summed E-state index contributed by atoms with van der Waals surface area (Å²) in [5.41, 5.74) is 2.30. The van der Waals surface area contributed by atoms with Crippen LogP contribution in [0.15, 0.2) is 40.9 Å². The van der Waals surface area contributed by atoms with Crippen molar-refractivity contribution in [3.8, 4) is 6.07 Å². The van der Waals surface area contributed by atoms with Gasteiger partial charge in [0.05, 0.1) is 16.3 Å². The van der Waals surface area contributed by atoms with E-state index in [1.54, 1.807) is 18.2 Å². The van der Waals surface area contributed by atoms with Crippen molar-refractivity contribution < 1.29 is 0 Å². The molecule has 0 atom stereocenters. The van der Waals surface area contributed by atoms with Crippen LogP contribution < -0.4 is 5.32 Å². The van der Waals surface area contributed by atoms with E-state index < -0.39 is 0 Å². The Morgan fingerprint density at radius 1 is 1.16 bits per heavy atom. The van der Waals surface area contributed by atoms with Crippen LogP contribution in [0, 0.1) is 11.3 Å². The second-order valence-electron chi connectivity index (χ2n) is 3.90. The molecule has 2 rings (SSSR count). The van der Waals surface area contributed by atoms with Crippen LogP contribution in [0.1, 0.15) is 11.1 Å². The standard InChI is InChI=1S/C14H9BrCl2N2/c15-12-4-1-9(5-13(12)17)8-19-14-6-11(16)3-2-10(14)7-18/h1-6,19H,8H2. The van der Waals surface area contributed by atoms with Crippen molar-refractivity contribution in [2.75, 3.05) is 5.32 Å². The molecular weight excluding hydrogens is 347 g/mol. The molecule has 2 aromatic carbocycles. The summed E-state index contributed by atoms with van der Waals surface area (Å²) in [5.74, 6) is 0. The highest BCUT2D eigenvalue weighted by Gasteiger charge is 2.04. The average Bonchev–Trinajstić information content (AvgIpc) is 2.40. The minimum atomic E-state index is 0.563. The Morgan fingerprint density at radius 3 is 2.63 bits per heavy atom. The Labute approximate surface area is 130 Å². The van der Waals surface area contributed by atoms with Crippen molar-refractivity contribution in [1.82, 2.24) is 0 Å². The predicted molar refractivity (Wildman–Crippen MR) is 82.6 cm³/mol. The SMILES string of the molecule is N#Cc1ccc(Cl)cc1NCc1ccc(Br)c(Cl)c1. The lowest BCUT2D eigenvalue weighted by atomic mass is 10.1. The molecule has 0 bridgehead atoms. The van der Waals surface area contributed by atoms with Gasteiger partial charge in [0.25, 0.3) is 0 Å². The number of hydrogen-bond acceptors (Lipinski definition) is 2. The van der Waals surface area contributed by atoms with Gasteiger partial charge in [0.15, 0.2) is 0 Å². The van der Waals surface area contributed by atoms with Crippen LogP contribution in [0.3, 0.4) is 0 Å². The molecule has 0 aliphatic carbocycles. The van der Waals surface area contributed by atoms with Gasteiger partial charge in [-0.2, -0.15) is 5.26 Å². The molecule has 0 aliphatic heterocycles. The molecule has 0 radical (unpaired) electrons. The highest BCUT2D eigenvalue weighted by molar-refractivity contribution is 9.10. The molecule has 2 aromatic rings. The summed E-state index contributed by atoms with van der Waals surface area (Å²) in [5, 5.41) is 13.5. The lowest BCUT2D eigenvalue weighted by molar-refractivity contribution is 1.14. The van der Waals surface area contributed by atoms with Crippen molar-refractivity contribution in [2.45, 2.75) is 6.54 Å². The number of nitrogens with zero attached hydrogens (tertiary/aromatic N) is 1. The summed E-state index contributed by atoms with van der Waals surface area (Å²) < 4.78 is 0.860. The first-order valence-corrected chi connectivity index (χ1v) is 7.02. The van der Waals surface area contributed by atoms with Crippen LogP contribution in [-0.4, -0.2) is 0 Å². The molecule has 0 saturated heterocycles. The zero-order valence-corrected chi connectivity index (χ0v) is 12.9. The molecule has 0 fully saturated rings. The van der Waals surface area contributed by atoms with E-state index >= 15 is 0 Å². The van der Waals surface area contributed by atoms with Crippen LogP contribution in [0.2, 0.25) is 10.0 Å². The van der Waals surface area contributed by atoms with Gasteiger partial charge < -0.3 is 5.32 Å². The van der Waals surface area contributed by atoms with Crippen molar-refractivity contribution in [1.29, 1.82) is 5.26 Å². The summed E-state index contributed by atoms with van der Waals surface area (Å²) in [6.07, 6.45) is 0. The zero-order chi connectivity index (χ0) is 13.8. The molecule has 0 heterocycles. The molecule has 5 heteroatoms. The fraction of sp³-hybridized carbons (Fsp3) is 0.0714. The van der Waals surface area contributed by atoms with Gasteiger partial charge in [0.2, 0.25) is 0 Å². The maximum absolute atomic E-state index is 9.03. The van der Waals surface area contributed by atoms with Gasteiger partial charge in [0, 0.05) is 16.0 Å². The van der Waals surface area contributed by atoms with Crippen LogP contribution in [-0.2, 0) is 6.54 Å². The molecule has 0 aromatic heterocycles. The lowest BCUT2D eigenvalue weighted by Crippen LogP contribution is -2.01. The lowest BCUT2D eigenvalue weighted by Gasteiger charge is -2.09. The minimum absolute atomic E-state index is 0.563. The molecule has 19 heavy (non-hydrogen) atoms. The number of nitriles is 1. The molecule has 96 valence electrons. The first-order valence-electron chi connectivity index (χ1n) is 5.47. The van der Waals surface area contributed by atoms with Gasteiger partial charge >= 0.3 is 0 Å². The highest BCUT2D eigenvalue weighted by Crippen LogP contribution is 2.25. The molecule has 0 aliphatic rings. The number of hydrogen-bond donors (Lipinski definition) is 1. The van der Waals surface area contributed by atoms with E-state index in [4.69, 9.17) is 28.5 Å².